The van der Waals surface area contributed by atoms with Crippen molar-refractivity contribution in [3.8, 4) is 0 Å². The van der Waals surface area contributed by atoms with E-state index >= 15 is 0 Å². The molecule has 0 bridgehead atoms. The Kier molecular flexibility index (Phi) is 6.55. The molecule has 0 spiro atoms. The number of nitrogens with zero attached hydrogens (tertiary/aromatic N) is 1. The van der Waals surface area contributed by atoms with Crippen LogP contribution in [0.3, 0.4) is 0 Å². The molecule has 20 heavy (non-hydrogen) atoms. The van der Waals surface area contributed by atoms with Gasteiger partial charge in [0.25, 0.3) is 0 Å². The van der Waals surface area contributed by atoms with Crippen LogP contribution in [-0.2, 0) is 11.2 Å². The van der Waals surface area contributed by atoms with Gasteiger partial charge >= 0.3 is 12.0 Å². The molecule has 7 heteroatoms. The Labute approximate surface area is 118 Å². The van der Waals surface area contributed by atoms with Crippen molar-refractivity contribution in [3.63, 3.8) is 0 Å². The first-order chi connectivity index (χ1) is 9.52. The number of H-pyrrole nitrogens is 1. The molecule has 0 saturated carbocycles. The third kappa shape index (κ3) is 5.73. The lowest BCUT2D eigenvalue weighted by atomic mass is 10.1. The molecule has 0 saturated heterocycles. The number of carboxylic acids is 1. The minimum absolute atomic E-state index is 0.0574. The van der Waals surface area contributed by atoms with Crippen LogP contribution in [0, 0.1) is 6.92 Å². The van der Waals surface area contributed by atoms with Crippen molar-refractivity contribution >= 4 is 12.0 Å². The fourth-order valence-corrected chi connectivity index (χ4v) is 1.85. The van der Waals surface area contributed by atoms with Crippen LogP contribution in [0.15, 0.2) is 6.20 Å². The quantitative estimate of drug-likeness (QED) is 0.537. The summed E-state index contributed by atoms with van der Waals surface area (Å²) in [7, 11) is 0. The molecule has 1 heterocycles. The van der Waals surface area contributed by atoms with E-state index < -0.39 is 5.97 Å². The molecule has 0 fully saturated rings. The Balaban J connectivity index is 2.19. The lowest BCUT2D eigenvalue weighted by Gasteiger charge is -2.15. The highest BCUT2D eigenvalue weighted by molar-refractivity contribution is 5.75. The Morgan fingerprint density at radius 2 is 2.25 bits per heavy atom. The molecule has 112 valence electrons. The molecule has 1 aromatic rings. The number of nitrogens with one attached hydrogen (secondary N) is 3. The van der Waals surface area contributed by atoms with Crippen LogP contribution >= 0.6 is 0 Å². The van der Waals surface area contributed by atoms with Gasteiger partial charge in [0.05, 0.1) is 12.6 Å². The van der Waals surface area contributed by atoms with Gasteiger partial charge in [0.2, 0.25) is 0 Å². The van der Waals surface area contributed by atoms with E-state index in [4.69, 9.17) is 5.11 Å². The topological polar surface area (TPSA) is 107 Å². The summed E-state index contributed by atoms with van der Waals surface area (Å²) in [5, 5.41) is 20.9. The second-order valence-electron chi connectivity index (χ2n) is 4.73. The molecule has 4 N–H and O–H groups in total. The first kappa shape index (κ1) is 16.0. The van der Waals surface area contributed by atoms with Crippen LogP contribution in [0.25, 0.3) is 0 Å². The van der Waals surface area contributed by atoms with Crippen LogP contribution in [0.4, 0.5) is 4.79 Å². The average Bonchev–Trinajstić information content (AvgIpc) is 2.79. The normalized spacial score (nSPS) is 11.9. The van der Waals surface area contributed by atoms with Gasteiger partial charge in [-0.15, -0.1) is 0 Å². The van der Waals surface area contributed by atoms with E-state index in [1.54, 1.807) is 6.20 Å². The largest absolute Gasteiger partial charge is 0.481 e. The molecular weight excluding hydrogens is 260 g/mol. The number of urea groups is 1. The predicted molar refractivity (Wildman–Crippen MR) is 74.5 cm³/mol. The predicted octanol–water partition coefficient (Wildman–Crippen LogP) is 1.20. The van der Waals surface area contributed by atoms with E-state index in [-0.39, 0.29) is 18.5 Å². The molecule has 1 aromatic heterocycles. The molecule has 7 nitrogen and oxygen atoms in total. The summed E-state index contributed by atoms with van der Waals surface area (Å²) in [6.45, 7) is 4.34. The maximum absolute atomic E-state index is 11.6. The molecule has 0 aromatic carbocycles. The van der Waals surface area contributed by atoms with E-state index in [1.165, 1.54) is 0 Å². The summed E-state index contributed by atoms with van der Waals surface area (Å²) in [6.07, 6.45) is 3.97. The van der Waals surface area contributed by atoms with E-state index in [0.717, 1.165) is 24.1 Å². The third-order valence-corrected chi connectivity index (χ3v) is 3.09. The SMILES string of the molecule is CCC(CC(=O)O)NC(=O)NCCCc1cn[nH]c1C. The van der Waals surface area contributed by atoms with E-state index in [2.05, 4.69) is 20.8 Å². The summed E-state index contributed by atoms with van der Waals surface area (Å²) in [5.74, 6) is -0.910. The van der Waals surface area contributed by atoms with Crippen LogP contribution in [0.2, 0.25) is 0 Å². The molecular formula is C13H22N4O3. The second kappa shape index (κ2) is 8.19. The van der Waals surface area contributed by atoms with E-state index in [1.807, 2.05) is 13.8 Å². The summed E-state index contributed by atoms with van der Waals surface area (Å²) >= 11 is 0. The smallest absolute Gasteiger partial charge is 0.315 e. The third-order valence-electron chi connectivity index (χ3n) is 3.09. The zero-order chi connectivity index (χ0) is 15.0. The highest BCUT2D eigenvalue weighted by Crippen LogP contribution is 2.05. The summed E-state index contributed by atoms with van der Waals surface area (Å²) in [5.41, 5.74) is 2.19. The first-order valence-corrected chi connectivity index (χ1v) is 6.78. The number of rotatable bonds is 8. The molecule has 0 radical (unpaired) electrons. The van der Waals surface area contributed by atoms with Crippen LogP contribution < -0.4 is 10.6 Å². The van der Waals surface area contributed by atoms with Crippen molar-refractivity contribution in [3.05, 3.63) is 17.5 Å². The van der Waals surface area contributed by atoms with Gasteiger partial charge in [-0.2, -0.15) is 5.10 Å². The standard InChI is InChI=1S/C13H22N4O3/c1-3-11(7-12(18)19)16-13(20)14-6-4-5-10-8-15-17-9(10)2/h8,11H,3-7H2,1-2H3,(H,15,17)(H,18,19)(H2,14,16,20). The number of aromatic nitrogens is 2. The van der Waals surface area contributed by atoms with Gasteiger partial charge in [-0.25, -0.2) is 4.79 Å². The average molecular weight is 282 g/mol. The van der Waals surface area contributed by atoms with Gasteiger partial charge < -0.3 is 15.7 Å². The van der Waals surface area contributed by atoms with Crippen molar-refractivity contribution < 1.29 is 14.7 Å². The molecule has 0 aliphatic rings. The van der Waals surface area contributed by atoms with E-state index in [9.17, 15) is 9.59 Å². The van der Waals surface area contributed by atoms with Crippen molar-refractivity contribution in [2.24, 2.45) is 0 Å². The number of aliphatic carboxylic acids is 1. The maximum atomic E-state index is 11.6. The lowest BCUT2D eigenvalue weighted by molar-refractivity contribution is -0.137. The minimum Gasteiger partial charge on any atom is -0.481 e. The van der Waals surface area contributed by atoms with Gasteiger partial charge in [0.15, 0.2) is 0 Å². The molecule has 1 rings (SSSR count). The van der Waals surface area contributed by atoms with Crippen molar-refractivity contribution in [2.75, 3.05) is 6.54 Å². The number of hydrogen-bond acceptors (Lipinski definition) is 3. The van der Waals surface area contributed by atoms with Crippen molar-refractivity contribution in [1.29, 1.82) is 0 Å². The number of aromatic amines is 1. The number of carbonyl (C=O) groups excluding carboxylic acids is 1. The first-order valence-electron chi connectivity index (χ1n) is 6.78. The lowest BCUT2D eigenvalue weighted by Crippen LogP contribution is -2.43. The number of hydrogen-bond donors (Lipinski definition) is 4. The van der Waals surface area contributed by atoms with Crippen molar-refractivity contribution in [2.45, 2.75) is 45.6 Å². The zero-order valence-electron chi connectivity index (χ0n) is 11.9. The number of carbonyl (C=O) groups is 2. The number of aryl methyl sites for hydroxylation is 2. The molecule has 1 unspecified atom stereocenters. The molecule has 1 atom stereocenters. The van der Waals surface area contributed by atoms with Gasteiger partial charge in [-0.3, -0.25) is 9.89 Å². The Hall–Kier alpha value is -2.05. The fourth-order valence-electron chi connectivity index (χ4n) is 1.85. The molecule has 0 aliphatic heterocycles. The molecule has 0 aliphatic carbocycles. The Morgan fingerprint density at radius 1 is 1.50 bits per heavy atom. The van der Waals surface area contributed by atoms with Gasteiger partial charge in [-0.1, -0.05) is 6.92 Å². The van der Waals surface area contributed by atoms with Crippen LogP contribution in [0.5, 0.6) is 0 Å². The number of carboxylic acid groups (broad SMARTS) is 1. The van der Waals surface area contributed by atoms with Crippen molar-refractivity contribution in [1.82, 2.24) is 20.8 Å². The highest BCUT2D eigenvalue weighted by Gasteiger charge is 2.13. The van der Waals surface area contributed by atoms with Gasteiger partial charge in [0, 0.05) is 18.3 Å². The Morgan fingerprint density at radius 3 is 2.80 bits per heavy atom. The van der Waals surface area contributed by atoms with Gasteiger partial charge in [0.1, 0.15) is 0 Å². The van der Waals surface area contributed by atoms with Crippen LogP contribution in [0.1, 0.15) is 37.4 Å². The second-order valence-corrected chi connectivity index (χ2v) is 4.73. The summed E-state index contributed by atoms with van der Waals surface area (Å²) in [4.78, 5) is 22.2. The maximum Gasteiger partial charge on any atom is 0.315 e. The Bertz CT molecular complexity index is 445. The highest BCUT2D eigenvalue weighted by atomic mass is 16.4. The van der Waals surface area contributed by atoms with E-state index in [0.29, 0.717) is 13.0 Å². The minimum atomic E-state index is -0.910. The van der Waals surface area contributed by atoms with Gasteiger partial charge in [-0.05, 0) is 31.7 Å². The fraction of sp³-hybridized carbons (Fsp3) is 0.615. The number of amides is 2. The monoisotopic (exact) mass is 282 g/mol. The van der Waals surface area contributed by atoms with Crippen LogP contribution in [-0.4, -0.2) is 39.9 Å². The summed E-state index contributed by atoms with van der Waals surface area (Å²) in [6, 6.07) is -0.648. The molecule has 2 amide bonds. The zero-order valence-corrected chi connectivity index (χ0v) is 11.9. The summed E-state index contributed by atoms with van der Waals surface area (Å²) < 4.78 is 0.